The average Bonchev–Trinajstić information content (AvgIpc) is 3.29. The van der Waals surface area contributed by atoms with E-state index in [4.69, 9.17) is 14.0 Å². The molecule has 5 atom stereocenters. The van der Waals surface area contributed by atoms with E-state index in [2.05, 4.69) is 11.7 Å². The number of benzene rings is 1. The van der Waals surface area contributed by atoms with E-state index in [1.54, 1.807) is 21.0 Å². The standard InChI is InChI=1S/C29H31F3N2O6/c1-8-17-20-24(40-33-17)22(34(4)5)16-11-13-10-14-18(23(35)19(13)25(36)28(16,3)26(20)37)12(2)9-15(27(38-6)39-7)21(14)29(30,31)32/h8-9,13,16,19,22,27H,1,10-11H2,2-7H3. The second kappa shape index (κ2) is 9.46. The summed E-state index contributed by atoms with van der Waals surface area (Å²) in [5.74, 6) is -4.13. The van der Waals surface area contributed by atoms with Crippen LogP contribution in [0.4, 0.5) is 13.2 Å². The first-order chi connectivity index (χ1) is 18.7. The van der Waals surface area contributed by atoms with E-state index >= 15 is 0 Å². The molecule has 1 aromatic carbocycles. The lowest BCUT2D eigenvalue weighted by Gasteiger charge is -2.52. The zero-order chi connectivity index (χ0) is 29.5. The van der Waals surface area contributed by atoms with E-state index in [1.807, 2.05) is 4.90 Å². The Labute approximate surface area is 229 Å². The highest BCUT2D eigenvalue weighted by molar-refractivity contribution is 6.24. The number of Topliss-reactive ketones (excluding diaryl/α,β-unsaturated/α-hetero) is 3. The third-order valence-electron chi connectivity index (χ3n) is 9.03. The number of aryl methyl sites for hydroxylation is 1. The summed E-state index contributed by atoms with van der Waals surface area (Å²) in [6, 6.07) is 0.671. The number of hydrogen-bond donors (Lipinski definition) is 0. The minimum absolute atomic E-state index is 0.122. The second-order valence-electron chi connectivity index (χ2n) is 11.3. The van der Waals surface area contributed by atoms with Crippen molar-refractivity contribution in [2.45, 2.75) is 45.2 Å². The summed E-state index contributed by atoms with van der Waals surface area (Å²) < 4.78 is 59.7. The number of carbonyl (C=O) groups is 3. The number of aromatic nitrogens is 1. The topological polar surface area (TPSA) is 98.9 Å². The molecule has 1 heterocycles. The van der Waals surface area contributed by atoms with Gasteiger partial charge in [0.05, 0.1) is 28.5 Å². The summed E-state index contributed by atoms with van der Waals surface area (Å²) in [4.78, 5) is 44.1. The lowest BCUT2D eigenvalue weighted by Crippen LogP contribution is -2.60. The number of fused-ring (bicyclic) bond motifs is 4. The summed E-state index contributed by atoms with van der Waals surface area (Å²) in [6.07, 6.45) is -4.74. The van der Waals surface area contributed by atoms with Crippen LogP contribution in [-0.4, -0.2) is 55.7 Å². The maximum Gasteiger partial charge on any atom is 0.417 e. The molecule has 0 bridgehead atoms. The number of carbonyl (C=O) groups excluding carboxylic acids is 3. The molecule has 214 valence electrons. The Hall–Kier alpha value is -3.15. The molecule has 0 radical (unpaired) electrons. The minimum Gasteiger partial charge on any atom is -0.358 e. The van der Waals surface area contributed by atoms with Crippen LogP contribution in [0.15, 0.2) is 17.2 Å². The predicted octanol–water partition coefficient (Wildman–Crippen LogP) is 5.00. The first kappa shape index (κ1) is 28.4. The predicted molar refractivity (Wildman–Crippen MR) is 137 cm³/mol. The maximum absolute atomic E-state index is 14.6. The van der Waals surface area contributed by atoms with Crippen molar-refractivity contribution in [3.05, 3.63) is 57.5 Å². The van der Waals surface area contributed by atoms with Crippen molar-refractivity contribution in [1.82, 2.24) is 10.1 Å². The Morgan fingerprint density at radius 1 is 1.20 bits per heavy atom. The van der Waals surface area contributed by atoms with Crippen molar-refractivity contribution < 1.29 is 41.6 Å². The van der Waals surface area contributed by atoms with Gasteiger partial charge in [-0.2, -0.15) is 13.2 Å². The largest absolute Gasteiger partial charge is 0.417 e. The molecule has 0 spiro atoms. The van der Waals surface area contributed by atoms with Gasteiger partial charge in [-0.25, -0.2) is 0 Å². The summed E-state index contributed by atoms with van der Waals surface area (Å²) in [6.45, 7) is 6.77. The number of methoxy groups -OCH3 is 2. The van der Waals surface area contributed by atoms with E-state index in [0.29, 0.717) is 5.76 Å². The molecule has 0 aliphatic heterocycles. The molecule has 1 saturated carbocycles. The zero-order valence-corrected chi connectivity index (χ0v) is 23.1. The number of halogens is 3. The first-order valence-electron chi connectivity index (χ1n) is 12.9. The quantitative estimate of drug-likeness (QED) is 0.372. The average molecular weight is 561 g/mol. The molecule has 0 amide bonds. The fourth-order valence-corrected chi connectivity index (χ4v) is 7.35. The zero-order valence-electron chi connectivity index (χ0n) is 23.1. The van der Waals surface area contributed by atoms with E-state index in [9.17, 15) is 27.6 Å². The first-order valence-corrected chi connectivity index (χ1v) is 12.9. The Balaban J connectivity index is 1.71. The Morgan fingerprint density at radius 2 is 1.85 bits per heavy atom. The Morgan fingerprint density at radius 3 is 2.40 bits per heavy atom. The SMILES string of the molecule is C=Cc1noc2c1C(=O)C1(C)C(=O)C3C(=O)c4c(C)cc(C(OC)OC)c(C(F)(F)F)c4CC3CC1C2N(C)C. The minimum atomic E-state index is -4.81. The van der Waals surface area contributed by atoms with Crippen LogP contribution in [0.5, 0.6) is 0 Å². The number of nitrogens with zero attached hydrogens (tertiary/aromatic N) is 2. The molecular weight excluding hydrogens is 529 g/mol. The maximum atomic E-state index is 14.6. The molecule has 3 aliphatic rings. The molecule has 0 saturated heterocycles. The van der Waals surface area contributed by atoms with E-state index in [-0.39, 0.29) is 46.4 Å². The van der Waals surface area contributed by atoms with Crippen molar-refractivity contribution >= 4 is 23.4 Å². The Kier molecular flexibility index (Phi) is 6.71. The number of ketones is 3. The molecule has 5 unspecified atom stereocenters. The summed E-state index contributed by atoms with van der Waals surface area (Å²) in [5, 5.41) is 3.98. The van der Waals surface area contributed by atoms with Crippen molar-refractivity contribution in [1.29, 1.82) is 0 Å². The normalized spacial score (nSPS) is 27.9. The van der Waals surface area contributed by atoms with Crippen LogP contribution in [-0.2, 0) is 26.9 Å². The molecule has 5 rings (SSSR count). The number of hydrogen-bond acceptors (Lipinski definition) is 8. The molecule has 1 aromatic heterocycles. The van der Waals surface area contributed by atoms with Crippen molar-refractivity contribution in [3.63, 3.8) is 0 Å². The third-order valence-corrected chi connectivity index (χ3v) is 9.03. The second-order valence-corrected chi connectivity index (χ2v) is 11.3. The number of rotatable bonds is 5. The Bertz CT molecular complexity index is 1440. The van der Waals surface area contributed by atoms with Crippen LogP contribution in [0.25, 0.3) is 6.08 Å². The monoisotopic (exact) mass is 560 g/mol. The summed E-state index contributed by atoms with van der Waals surface area (Å²) in [5.41, 5.74) is -2.43. The molecule has 3 aliphatic carbocycles. The van der Waals surface area contributed by atoms with Gasteiger partial charge in [0.2, 0.25) is 0 Å². The van der Waals surface area contributed by atoms with Crippen LogP contribution >= 0.6 is 0 Å². The highest BCUT2D eigenvalue weighted by Crippen LogP contribution is 2.59. The van der Waals surface area contributed by atoms with Crippen LogP contribution in [0.2, 0.25) is 0 Å². The molecule has 0 N–H and O–H groups in total. The van der Waals surface area contributed by atoms with Gasteiger partial charge in [0.1, 0.15) is 5.69 Å². The van der Waals surface area contributed by atoms with Gasteiger partial charge in [-0.05, 0) is 70.0 Å². The third kappa shape index (κ3) is 3.70. The molecule has 8 nitrogen and oxygen atoms in total. The van der Waals surface area contributed by atoms with Gasteiger partial charge in [-0.1, -0.05) is 11.7 Å². The lowest BCUT2D eigenvalue weighted by atomic mass is 9.49. The smallest absolute Gasteiger partial charge is 0.358 e. The van der Waals surface area contributed by atoms with Gasteiger partial charge in [0.15, 0.2) is 29.4 Å². The molecular formula is C29H31F3N2O6. The van der Waals surface area contributed by atoms with Crippen LogP contribution in [0.3, 0.4) is 0 Å². The van der Waals surface area contributed by atoms with Crippen LogP contribution in [0, 0.1) is 30.1 Å². The van der Waals surface area contributed by atoms with Crippen molar-refractivity contribution in [3.8, 4) is 0 Å². The van der Waals surface area contributed by atoms with Crippen LogP contribution in [0.1, 0.15) is 80.1 Å². The van der Waals surface area contributed by atoms with Crippen molar-refractivity contribution in [2.24, 2.45) is 23.2 Å². The fraction of sp³-hybridized carbons (Fsp3) is 0.517. The van der Waals surface area contributed by atoms with Crippen molar-refractivity contribution in [2.75, 3.05) is 28.3 Å². The van der Waals surface area contributed by atoms with E-state index in [0.717, 1.165) is 0 Å². The van der Waals surface area contributed by atoms with Crippen LogP contribution < -0.4 is 0 Å². The fourth-order valence-electron chi connectivity index (χ4n) is 7.35. The van der Waals surface area contributed by atoms with Gasteiger partial charge in [-0.3, -0.25) is 19.3 Å². The van der Waals surface area contributed by atoms with Gasteiger partial charge in [0.25, 0.3) is 0 Å². The molecule has 2 aromatic rings. The molecule has 40 heavy (non-hydrogen) atoms. The highest BCUT2D eigenvalue weighted by atomic mass is 19.4. The van der Waals surface area contributed by atoms with Gasteiger partial charge >= 0.3 is 6.18 Å². The van der Waals surface area contributed by atoms with Gasteiger partial charge in [-0.15, -0.1) is 0 Å². The van der Waals surface area contributed by atoms with E-state index in [1.165, 1.54) is 33.3 Å². The lowest BCUT2D eigenvalue weighted by molar-refractivity contribution is -0.148. The number of ether oxygens (including phenoxy) is 2. The van der Waals surface area contributed by atoms with E-state index < -0.39 is 64.6 Å². The van der Waals surface area contributed by atoms with Gasteiger partial charge in [0, 0.05) is 31.3 Å². The molecule has 11 heteroatoms. The molecule has 1 fully saturated rings. The van der Waals surface area contributed by atoms with Gasteiger partial charge < -0.3 is 14.0 Å². The summed E-state index contributed by atoms with van der Waals surface area (Å²) >= 11 is 0. The highest BCUT2D eigenvalue weighted by Gasteiger charge is 2.65. The number of alkyl halides is 3. The summed E-state index contributed by atoms with van der Waals surface area (Å²) in [7, 11) is 6.02.